The highest BCUT2D eigenvalue weighted by Crippen LogP contribution is 2.15. The van der Waals surface area contributed by atoms with Gasteiger partial charge in [-0.3, -0.25) is 14.2 Å². The van der Waals surface area contributed by atoms with E-state index in [9.17, 15) is 9.59 Å². The first-order valence-electron chi connectivity index (χ1n) is 9.51. The van der Waals surface area contributed by atoms with Gasteiger partial charge in [0.1, 0.15) is 5.52 Å². The van der Waals surface area contributed by atoms with Crippen molar-refractivity contribution in [3.05, 3.63) is 82.4 Å². The monoisotopic (exact) mass is 389 g/mol. The molecule has 0 spiro atoms. The number of fused-ring (bicyclic) bond motifs is 3. The largest absolute Gasteiger partial charge is 0.351 e. The predicted octanol–water partition coefficient (Wildman–Crippen LogP) is 1.99. The number of hydrogen-bond acceptors (Lipinski definition) is 4. The van der Waals surface area contributed by atoms with Gasteiger partial charge in [-0.2, -0.15) is 0 Å². The van der Waals surface area contributed by atoms with Gasteiger partial charge in [0, 0.05) is 31.0 Å². The maximum Gasteiger partial charge on any atom is 0.276 e. The average Bonchev–Trinajstić information content (AvgIpc) is 3.21. The summed E-state index contributed by atoms with van der Waals surface area (Å²) in [7, 11) is 3.93. The Hall–Kier alpha value is -3.45. The lowest BCUT2D eigenvalue weighted by Gasteiger charge is -2.13. The zero-order valence-electron chi connectivity index (χ0n) is 16.5. The number of likely N-dealkylation sites (N-methyl/N-ethyl adjacent to an activating group) is 1. The lowest BCUT2D eigenvalue weighted by Crippen LogP contribution is -2.31. The van der Waals surface area contributed by atoms with Gasteiger partial charge in [-0.25, -0.2) is 4.98 Å². The van der Waals surface area contributed by atoms with Crippen LogP contribution in [0.3, 0.4) is 0 Å². The van der Waals surface area contributed by atoms with Crippen LogP contribution in [0.4, 0.5) is 0 Å². The molecule has 0 bridgehead atoms. The summed E-state index contributed by atoms with van der Waals surface area (Å²) in [5, 5.41) is 2.92. The molecule has 4 rings (SSSR count). The number of nitrogens with one attached hydrogen (secondary N) is 1. The Labute approximate surface area is 168 Å². The maximum absolute atomic E-state index is 13.1. The van der Waals surface area contributed by atoms with Gasteiger partial charge in [-0.15, -0.1) is 0 Å². The topological polar surface area (TPSA) is 71.6 Å². The molecule has 0 atom stereocenters. The molecule has 4 aromatic rings. The van der Waals surface area contributed by atoms with E-state index in [1.807, 2.05) is 66.0 Å². The van der Waals surface area contributed by atoms with Crippen LogP contribution >= 0.6 is 0 Å². The number of carbonyl (C=O) groups is 1. The normalized spacial score (nSPS) is 11.4. The summed E-state index contributed by atoms with van der Waals surface area (Å²) in [4.78, 5) is 31.9. The van der Waals surface area contributed by atoms with Crippen molar-refractivity contribution in [3.63, 3.8) is 0 Å². The van der Waals surface area contributed by atoms with E-state index in [2.05, 4.69) is 10.3 Å². The molecule has 1 aromatic carbocycles. The van der Waals surface area contributed by atoms with Crippen molar-refractivity contribution >= 4 is 22.6 Å². The Morgan fingerprint density at radius 1 is 1.10 bits per heavy atom. The molecule has 7 heteroatoms. The standard InChI is InChI=1S/C22H23N5O2/c1-25(2)13-11-24-21(28)17-7-3-6-16(14-17)15-27-20-18(8-4-10-23-20)26-12-5-9-19(26)22(27)29/h3-10,12,14H,11,13,15H2,1-2H3,(H,24,28). The van der Waals surface area contributed by atoms with Crippen molar-refractivity contribution in [1.82, 2.24) is 24.2 Å². The van der Waals surface area contributed by atoms with Crippen molar-refractivity contribution in [1.29, 1.82) is 0 Å². The summed E-state index contributed by atoms with van der Waals surface area (Å²) in [6.45, 7) is 1.69. The molecule has 148 valence electrons. The predicted molar refractivity (Wildman–Crippen MR) is 113 cm³/mol. The van der Waals surface area contributed by atoms with E-state index < -0.39 is 0 Å². The molecule has 0 unspecified atom stereocenters. The molecule has 3 aromatic heterocycles. The highest BCUT2D eigenvalue weighted by molar-refractivity contribution is 5.94. The molecular weight excluding hydrogens is 366 g/mol. The summed E-state index contributed by atoms with van der Waals surface area (Å²) in [5.74, 6) is -0.119. The molecule has 0 fully saturated rings. The SMILES string of the molecule is CN(C)CCNC(=O)c1cccc(Cn2c(=O)c3cccn3c3cccnc32)c1. The summed E-state index contributed by atoms with van der Waals surface area (Å²) < 4.78 is 3.52. The fourth-order valence-electron chi connectivity index (χ4n) is 3.42. The van der Waals surface area contributed by atoms with Gasteiger partial charge in [0.15, 0.2) is 5.65 Å². The summed E-state index contributed by atoms with van der Waals surface area (Å²) in [6.07, 6.45) is 3.55. The van der Waals surface area contributed by atoms with Crippen LogP contribution in [-0.4, -0.2) is 51.9 Å². The third-order valence-corrected chi connectivity index (χ3v) is 4.87. The first-order chi connectivity index (χ1) is 14.0. The average molecular weight is 389 g/mol. The molecule has 0 saturated carbocycles. The molecule has 29 heavy (non-hydrogen) atoms. The third-order valence-electron chi connectivity index (χ3n) is 4.87. The van der Waals surface area contributed by atoms with Crippen molar-refractivity contribution in [2.75, 3.05) is 27.2 Å². The molecule has 1 N–H and O–H groups in total. The quantitative estimate of drug-likeness (QED) is 0.547. The molecule has 0 aliphatic heterocycles. The van der Waals surface area contributed by atoms with E-state index in [1.165, 1.54) is 0 Å². The lowest BCUT2D eigenvalue weighted by molar-refractivity contribution is 0.0951. The summed E-state index contributed by atoms with van der Waals surface area (Å²) in [5.41, 5.74) is 3.42. The van der Waals surface area contributed by atoms with Gasteiger partial charge in [-0.1, -0.05) is 12.1 Å². The highest BCUT2D eigenvalue weighted by Gasteiger charge is 2.13. The third kappa shape index (κ3) is 3.77. The van der Waals surface area contributed by atoms with Crippen LogP contribution in [0.5, 0.6) is 0 Å². The van der Waals surface area contributed by atoms with Crippen LogP contribution in [0.25, 0.3) is 16.7 Å². The summed E-state index contributed by atoms with van der Waals surface area (Å²) >= 11 is 0. The summed E-state index contributed by atoms with van der Waals surface area (Å²) in [6, 6.07) is 14.8. The lowest BCUT2D eigenvalue weighted by atomic mass is 10.1. The molecule has 3 heterocycles. The van der Waals surface area contributed by atoms with Crippen molar-refractivity contribution < 1.29 is 4.79 Å². The number of aromatic nitrogens is 3. The van der Waals surface area contributed by atoms with E-state index >= 15 is 0 Å². The van der Waals surface area contributed by atoms with Crippen LogP contribution < -0.4 is 10.9 Å². The minimum absolute atomic E-state index is 0.109. The molecule has 0 radical (unpaired) electrons. The fourth-order valence-corrected chi connectivity index (χ4v) is 3.42. The Kier molecular flexibility index (Phi) is 5.14. The van der Waals surface area contributed by atoms with Gasteiger partial charge < -0.3 is 14.6 Å². The molecule has 1 amide bonds. The Morgan fingerprint density at radius 3 is 2.76 bits per heavy atom. The van der Waals surface area contributed by atoms with Crippen molar-refractivity contribution in [2.24, 2.45) is 0 Å². The minimum atomic E-state index is -0.119. The van der Waals surface area contributed by atoms with Crippen molar-refractivity contribution in [2.45, 2.75) is 6.54 Å². The second-order valence-corrected chi connectivity index (χ2v) is 7.26. The zero-order chi connectivity index (χ0) is 20.4. The fraction of sp³-hybridized carbons (Fsp3) is 0.227. The Morgan fingerprint density at radius 2 is 1.93 bits per heavy atom. The van der Waals surface area contributed by atoms with Gasteiger partial charge in [0.25, 0.3) is 11.5 Å². The van der Waals surface area contributed by atoms with Gasteiger partial charge >= 0.3 is 0 Å². The van der Waals surface area contributed by atoms with Crippen LogP contribution in [-0.2, 0) is 6.54 Å². The second-order valence-electron chi connectivity index (χ2n) is 7.26. The van der Waals surface area contributed by atoms with Gasteiger partial charge in [-0.05, 0) is 56.1 Å². The highest BCUT2D eigenvalue weighted by atomic mass is 16.1. The number of carbonyl (C=O) groups excluding carboxylic acids is 1. The van der Waals surface area contributed by atoms with Crippen molar-refractivity contribution in [3.8, 4) is 0 Å². The molecule has 0 saturated heterocycles. The molecule has 7 nitrogen and oxygen atoms in total. The number of hydrogen-bond donors (Lipinski definition) is 1. The first-order valence-corrected chi connectivity index (χ1v) is 9.51. The first kappa shape index (κ1) is 18.9. The number of nitrogens with zero attached hydrogens (tertiary/aromatic N) is 4. The number of amides is 1. The maximum atomic E-state index is 13.1. The zero-order valence-corrected chi connectivity index (χ0v) is 16.5. The number of benzene rings is 1. The van der Waals surface area contributed by atoms with Crippen LogP contribution in [0, 0.1) is 0 Å². The number of rotatable bonds is 6. The van der Waals surface area contributed by atoms with Crippen LogP contribution in [0.1, 0.15) is 15.9 Å². The molecule has 0 aliphatic carbocycles. The number of pyridine rings is 1. The Bertz CT molecular complexity index is 1240. The van der Waals surface area contributed by atoms with Crippen LogP contribution in [0.2, 0.25) is 0 Å². The Balaban J connectivity index is 1.68. The van der Waals surface area contributed by atoms with E-state index in [-0.39, 0.29) is 11.5 Å². The molecule has 0 aliphatic rings. The van der Waals surface area contributed by atoms with Gasteiger partial charge in [0.05, 0.1) is 12.1 Å². The van der Waals surface area contributed by atoms with E-state index in [0.29, 0.717) is 29.8 Å². The van der Waals surface area contributed by atoms with E-state index in [1.54, 1.807) is 22.9 Å². The van der Waals surface area contributed by atoms with E-state index in [4.69, 9.17) is 0 Å². The van der Waals surface area contributed by atoms with Crippen LogP contribution in [0.15, 0.2) is 65.7 Å². The van der Waals surface area contributed by atoms with E-state index in [0.717, 1.165) is 17.6 Å². The minimum Gasteiger partial charge on any atom is -0.351 e. The smallest absolute Gasteiger partial charge is 0.276 e. The van der Waals surface area contributed by atoms with Gasteiger partial charge in [0.2, 0.25) is 0 Å². The second kappa shape index (κ2) is 7.89. The molecular formula is C22H23N5O2.